The molecule has 0 aliphatic heterocycles. The van der Waals surface area contributed by atoms with Gasteiger partial charge in [-0.15, -0.1) is 0 Å². The molecule has 7 nitrogen and oxygen atoms in total. The number of halogens is 1. The first kappa shape index (κ1) is 27.9. The smallest absolute Gasteiger partial charge is 0.242 e. The number of aryl methyl sites for hydroxylation is 1. The van der Waals surface area contributed by atoms with E-state index in [9.17, 15) is 18.0 Å². The van der Waals surface area contributed by atoms with Gasteiger partial charge in [0.25, 0.3) is 0 Å². The Hall–Kier alpha value is -2.39. The van der Waals surface area contributed by atoms with Crippen molar-refractivity contribution < 1.29 is 18.0 Å². The fraction of sp³-hybridized carbons (Fsp3) is 0.440. The van der Waals surface area contributed by atoms with Crippen molar-refractivity contribution in [2.24, 2.45) is 0 Å². The molecular weight excluding hydrogens is 518 g/mol. The van der Waals surface area contributed by atoms with Crippen molar-refractivity contribution in [1.82, 2.24) is 10.2 Å². The molecule has 9 heteroatoms. The van der Waals surface area contributed by atoms with Gasteiger partial charge >= 0.3 is 0 Å². The van der Waals surface area contributed by atoms with Crippen LogP contribution in [0.3, 0.4) is 0 Å². The summed E-state index contributed by atoms with van der Waals surface area (Å²) >= 11 is 3.45. The fourth-order valence-corrected chi connectivity index (χ4v) is 4.95. The van der Waals surface area contributed by atoms with Gasteiger partial charge < -0.3 is 10.2 Å². The first-order valence-corrected chi connectivity index (χ1v) is 13.9. The molecule has 1 N–H and O–H groups in total. The van der Waals surface area contributed by atoms with E-state index in [1.165, 1.54) is 4.31 Å². The summed E-state index contributed by atoms with van der Waals surface area (Å²) in [6.07, 6.45) is 1.60. The van der Waals surface area contributed by atoms with E-state index in [1.807, 2.05) is 57.2 Å². The molecule has 186 valence electrons. The molecule has 0 aromatic heterocycles. The van der Waals surface area contributed by atoms with E-state index in [4.69, 9.17) is 0 Å². The average molecular weight is 553 g/mol. The van der Waals surface area contributed by atoms with Crippen LogP contribution in [0.5, 0.6) is 0 Å². The summed E-state index contributed by atoms with van der Waals surface area (Å²) in [4.78, 5) is 27.5. The molecule has 0 saturated heterocycles. The number of carbonyl (C=O) groups is 2. The van der Waals surface area contributed by atoms with Gasteiger partial charge in [-0.25, -0.2) is 8.42 Å². The van der Waals surface area contributed by atoms with Gasteiger partial charge in [0.15, 0.2) is 0 Å². The van der Waals surface area contributed by atoms with E-state index >= 15 is 0 Å². The maximum Gasteiger partial charge on any atom is 0.242 e. The highest BCUT2D eigenvalue weighted by Crippen LogP contribution is 2.20. The third-order valence-corrected chi connectivity index (χ3v) is 7.00. The number of hydrogen-bond donors (Lipinski definition) is 1. The van der Waals surface area contributed by atoms with E-state index in [1.54, 1.807) is 24.0 Å². The number of nitrogens with one attached hydrogen (secondary N) is 1. The zero-order valence-electron chi connectivity index (χ0n) is 20.4. The third kappa shape index (κ3) is 8.43. The topological polar surface area (TPSA) is 86.8 Å². The third-order valence-electron chi connectivity index (χ3n) is 5.31. The lowest BCUT2D eigenvalue weighted by molar-refractivity contribution is -0.140. The van der Waals surface area contributed by atoms with Crippen LogP contribution in [0, 0.1) is 6.92 Å². The lowest BCUT2D eigenvalue weighted by atomic mass is 10.1. The second-order valence-electron chi connectivity index (χ2n) is 8.77. The molecule has 0 bridgehead atoms. The Morgan fingerprint density at radius 2 is 1.71 bits per heavy atom. The van der Waals surface area contributed by atoms with Crippen LogP contribution in [0.4, 0.5) is 5.69 Å². The van der Waals surface area contributed by atoms with E-state index < -0.39 is 16.1 Å². The summed E-state index contributed by atoms with van der Waals surface area (Å²) in [5, 5.41) is 2.87. The van der Waals surface area contributed by atoms with Crippen molar-refractivity contribution in [3.8, 4) is 0 Å². The van der Waals surface area contributed by atoms with Crippen LogP contribution in [0.1, 0.15) is 44.7 Å². The maximum absolute atomic E-state index is 13.2. The standard InChI is InChI=1S/C25H34BrN3O4S/c1-18(2)27-25(31)20(4)28(17-21-8-6-9-22(26)16-21)24(30)10-7-15-29(34(5,32)33)23-13-11-19(3)12-14-23/h6,8-9,11-14,16,18,20H,7,10,15,17H2,1-5H3,(H,27,31). The largest absolute Gasteiger partial charge is 0.352 e. The zero-order chi connectivity index (χ0) is 25.5. The second-order valence-corrected chi connectivity index (χ2v) is 11.6. The minimum absolute atomic E-state index is 0.0457. The summed E-state index contributed by atoms with van der Waals surface area (Å²) in [5.74, 6) is -0.431. The van der Waals surface area contributed by atoms with Crippen LogP contribution in [0.25, 0.3) is 0 Å². The Labute approximate surface area is 211 Å². The van der Waals surface area contributed by atoms with Crippen LogP contribution in [-0.2, 0) is 26.2 Å². The van der Waals surface area contributed by atoms with Crippen LogP contribution in [0.15, 0.2) is 53.0 Å². The zero-order valence-corrected chi connectivity index (χ0v) is 22.8. The van der Waals surface area contributed by atoms with Gasteiger partial charge in [-0.3, -0.25) is 13.9 Å². The molecule has 0 spiro atoms. The molecule has 0 heterocycles. The van der Waals surface area contributed by atoms with Crippen LogP contribution < -0.4 is 9.62 Å². The van der Waals surface area contributed by atoms with Gasteiger partial charge in [0.05, 0.1) is 11.9 Å². The summed E-state index contributed by atoms with van der Waals surface area (Å²) in [6.45, 7) is 7.84. The van der Waals surface area contributed by atoms with Gasteiger partial charge in [-0.05, 0) is 63.9 Å². The average Bonchev–Trinajstić information content (AvgIpc) is 2.74. The SMILES string of the molecule is Cc1ccc(N(CCCC(=O)N(Cc2cccc(Br)c2)C(C)C(=O)NC(C)C)S(C)(=O)=O)cc1. The summed E-state index contributed by atoms with van der Waals surface area (Å²) in [5.41, 5.74) is 2.49. The lowest BCUT2D eigenvalue weighted by Crippen LogP contribution is -2.49. The predicted molar refractivity (Wildman–Crippen MR) is 140 cm³/mol. The molecule has 2 rings (SSSR count). The highest BCUT2D eigenvalue weighted by atomic mass is 79.9. The van der Waals surface area contributed by atoms with E-state index in [0.717, 1.165) is 21.9 Å². The molecule has 0 aliphatic rings. The Bertz CT molecular complexity index is 1090. The molecule has 2 aromatic carbocycles. The van der Waals surface area contributed by atoms with Crippen molar-refractivity contribution in [1.29, 1.82) is 0 Å². The van der Waals surface area contributed by atoms with Crippen LogP contribution in [-0.4, -0.2) is 50.0 Å². The number of anilines is 1. The fourth-order valence-electron chi connectivity index (χ4n) is 3.53. The first-order valence-electron chi connectivity index (χ1n) is 11.3. The van der Waals surface area contributed by atoms with Crippen molar-refractivity contribution >= 4 is 43.5 Å². The molecule has 0 aliphatic carbocycles. The monoisotopic (exact) mass is 551 g/mol. The van der Waals surface area contributed by atoms with E-state index in [-0.39, 0.29) is 37.4 Å². The molecule has 2 aromatic rings. The Balaban J connectivity index is 2.16. The minimum atomic E-state index is -3.51. The molecule has 0 fully saturated rings. The van der Waals surface area contributed by atoms with Gasteiger partial charge in [0.2, 0.25) is 21.8 Å². The first-order chi connectivity index (χ1) is 15.9. The quantitative estimate of drug-likeness (QED) is 0.452. The van der Waals surface area contributed by atoms with Crippen LogP contribution in [0.2, 0.25) is 0 Å². The number of hydrogen-bond acceptors (Lipinski definition) is 4. The molecule has 1 atom stereocenters. The number of sulfonamides is 1. The Morgan fingerprint density at radius 3 is 2.26 bits per heavy atom. The molecule has 0 saturated carbocycles. The summed E-state index contributed by atoms with van der Waals surface area (Å²) in [7, 11) is -3.51. The number of carbonyl (C=O) groups excluding carboxylic acids is 2. The molecule has 1 unspecified atom stereocenters. The van der Waals surface area contributed by atoms with E-state index in [0.29, 0.717) is 12.1 Å². The molecule has 0 radical (unpaired) electrons. The Kier molecular flexibility index (Phi) is 10.1. The van der Waals surface area contributed by atoms with Crippen molar-refractivity contribution in [2.75, 3.05) is 17.1 Å². The van der Waals surface area contributed by atoms with Gasteiger partial charge in [-0.2, -0.15) is 0 Å². The van der Waals surface area contributed by atoms with Crippen molar-refractivity contribution in [3.63, 3.8) is 0 Å². The molecular formula is C25H34BrN3O4S. The second kappa shape index (κ2) is 12.4. The number of amides is 2. The molecule has 2 amide bonds. The highest BCUT2D eigenvalue weighted by Gasteiger charge is 2.27. The predicted octanol–water partition coefficient (Wildman–Crippen LogP) is 4.25. The normalized spacial score (nSPS) is 12.3. The Morgan fingerprint density at radius 1 is 1.06 bits per heavy atom. The van der Waals surface area contributed by atoms with Gasteiger partial charge in [0, 0.05) is 30.0 Å². The number of nitrogens with zero attached hydrogens (tertiary/aromatic N) is 2. The summed E-state index contributed by atoms with van der Waals surface area (Å²) < 4.78 is 26.9. The van der Waals surface area contributed by atoms with Crippen molar-refractivity contribution in [3.05, 3.63) is 64.1 Å². The highest BCUT2D eigenvalue weighted by molar-refractivity contribution is 9.10. The van der Waals surface area contributed by atoms with Gasteiger partial charge in [0.1, 0.15) is 6.04 Å². The van der Waals surface area contributed by atoms with Crippen molar-refractivity contribution in [2.45, 2.75) is 59.2 Å². The van der Waals surface area contributed by atoms with Gasteiger partial charge in [-0.1, -0.05) is 45.8 Å². The maximum atomic E-state index is 13.2. The van der Waals surface area contributed by atoms with E-state index in [2.05, 4.69) is 21.2 Å². The number of benzene rings is 2. The lowest BCUT2D eigenvalue weighted by Gasteiger charge is -2.30. The molecule has 34 heavy (non-hydrogen) atoms. The summed E-state index contributed by atoms with van der Waals surface area (Å²) in [6, 6.07) is 14.1. The van der Waals surface area contributed by atoms with Crippen LogP contribution >= 0.6 is 15.9 Å². The number of rotatable bonds is 11. The minimum Gasteiger partial charge on any atom is -0.352 e.